The van der Waals surface area contributed by atoms with E-state index < -0.39 is 31.8 Å². The molecule has 0 fully saturated rings. The van der Waals surface area contributed by atoms with Crippen molar-refractivity contribution in [3.8, 4) is 0 Å². The van der Waals surface area contributed by atoms with Crippen LogP contribution in [0.15, 0.2) is 59.1 Å². The molecule has 0 saturated heterocycles. The maximum Gasteiger partial charge on any atom is 0.501 e. The number of pyridine rings is 1. The summed E-state index contributed by atoms with van der Waals surface area (Å²) >= 11 is 6.01. The fraction of sp³-hybridized carbons (Fsp3) is 0.263. The van der Waals surface area contributed by atoms with Crippen LogP contribution in [0.4, 0.5) is 23.2 Å². The second-order valence-corrected chi connectivity index (χ2v) is 9.01. The molecule has 0 bridgehead atoms. The van der Waals surface area contributed by atoms with Crippen molar-refractivity contribution in [3.05, 3.63) is 65.0 Å². The predicted molar refractivity (Wildman–Crippen MR) is 102 cm³/mol. The number of hydrogen-bond donors (Lipinski definition) is 1. The molecular weight excluding hydrogens is 448 g/mol. The summed E-state index contributed by atoms with van der Waals surface area (Å²) in [5, 5.41) is 2.65. The summed E-state index contributed by atoms with van der Waals surface area (Å²) in [4.78, 5) is 15.4. The number of nitrogens with one attached hydrogen (secondary N) is 1. The molecule has 1 atom stereocenters. The second kappa shape index (κ2) is 7.99. The molecule has 3 rings (SSSR count). The minimum atomic E-state index is -5.47. The quantitative estimate of drug-likeness (QED) is 0.653. The molecule has 0 spiro atoms. The van der Waals surface area contributed by atoms with Crippen molar-refractivity contribution in [1.29, 1.82) is 0 Å². The minimum Gasteiger partial charge on any atom is -0.322 e. The molecule has 5 nitrogen and oxygen atoms in total. The molecule has 1 aromatic heterocycles. The van der Waals surface area contributed by atoms with Crippen molar-refractivity contribution >= 4 is 33.0 Å². The van der Waals surface area contributed by atoms with Gasteiger partial charge in [-0.25, -0.2) is 12.8 Å². The summed E-state index contributed by atoms with van der Waals surface area (Å²) in [6, 6.07) is 6.71. The third-order valence-corrected chi connectivity index (χ3v) is 6.47. The zero-order chi connectivity index (χ0) is 22.2. The van der Waals surface area contributed by atoms with Crippen LogP contribution in [0.5, 0.6) is 0 Å². The van der Waals surface area contributed by atoms with E-state index in [-0.39, 0.29) is 35.7 Å². The Balaban J connectivity index is 1.70. The fourth-order valence-electron chi connectivity index (χ4n) is 3.02. The van der Waals surface area contributed by atoms with Gasteiger partial charge < -0.3 is 5.32 Å². The van der Waals surface area contributed by atoms with Crippen LogP contribution in [0.1, 0.15) is 25.0 Å². The van der Waals surface area contributed by atoms with Crippen LogP contribution in [0.3, 0.4) is 0 Å². The van der Waals surface area contributed by atoms with Gasteiger partial charge in [0.2, 0.25) is 0 Å². The van der Waals surface area contributed by atoms with Gasteiger partial charge in [-0.1, -0.05) is 17.7 Å². The molecule has 1 aliphatic rings. The highest BCUT2D eigenvalue weighted by Gasteiger charge is 2.46. The lowest BCUT2D eigenvalue weighted by molar-refractivity contribution is -0.113. The van der Waals surface area contributed by atoms with Gasteiger partial charge in [0.25, 0.3) is 15.7 Å². The van der Waals surface area contributed by atoms with Gasteiger partial charge in [-0.15, -0.1) is 0 Å². The largest absolute Gasteiger partial charge is 0.501 e. The molecule has 1 aromatic carbocycles. The Kier molecular flexibility index (Phi) is 5.92. The monoisotopic (exact) mass is 462 g/mol. The number of benzene rings is 1. The molecule has 11 heteroatoms. The molecule has 0 saturated carbocycles. The van der Waals surface area contributed by atoms with E-state index in [0.29, 0.717) is 5.57 Å². The number of hydrogen-bond acceptors (Lipinski definition) is 4. The first-order chi connectivity index (χ1) is 13.9. The number of alkyl halides is 4. The number of aromatic nitrogens is 1. The van der Waals surface area contributed by atoms with Crippen LogP contribution in [0.2, 0.25) is 5.02 Å². The summed E-state index contributed by atoms with van der Waals surface area (Å²) in [5.41, 5.74) is -6.73. The Bertz CT molecular complexity index is 1100. The molecule has 0 radical (unpaired) electrons. The highest BCUT2D eigenvalue weighted by Crippen LogP contribution is 2.41. The molecule has 160 valence electrons. The normalized spacial score (nSPS) is 19.8. The van der Waals surface area contributed by atoms with Crippen LogP contribution in [0.25, 0.3) is 0 Å². The summed E-state index contributed by atoms with van der Waals surface area (Å²) < 4.78 is 75.7. The number of carbonyl (C=O) groups excluding carboxylic acids is 1. The van der Waals surface area contributed by atoms with Crippen LogP contribution in [0, 0.1) is 0 Å². The fourth-order valence-corrected chi connectivity index (χ4v) is 4.07. The Labute approximate surface area is 174 Å². The van der Waals surface area contributed by atoms with Crippen molar-refractivity contribution in [3.63, 3.8) is 0 Å². The SMILES string of the molecule is O=C(Nc1ccc(S(=O)(=O)C(F)(F)F)cc1)C1=CC[C@](F)(c2ncccc2Cl)CC1. The zero-order valence-electron chi connectivity index (χ0n) is 15.2. The predicted octanol–water partition coefficient (Wildman–Crippen LogP) is 4.94. The summed E-state index contributed by atoms with van der Waals surface area (Å²) in [7, 11) is -5.47. The molecule has 1 amide bonds. The van der Waals surface area contributed by atoms with E-state index in [2.05, 4.69) is 10.3 Å². The van der Waals surface area contributed by atoms with E-state index in [1.165, 1.54) is 18.3 Å². The van der Waals surface area contributed by atoms with Crippen LogP contribution in [-0.2, 0) is 20.3 Å². The first-order valence-corrected chi connectivity index (χ1v) is 10.5. The van der Waals surface area contributed by atoms with E-state index in [1.54, 1.807) is 6.07 Å². The van der Waals surface area contributed by atoms with Crippen LogP contribution in [-0.4, -0.2) is 24.8 Å². The number of amides is 1. The van der Waals surface area contributed by atoms with E-state index in [0.717, 1.165) is 24.3 Å². The minimum absolute atomic E-state index is 0.0221. The van der Waals surface area contributed by atoms with Gasteiger partial charge in [-0.3, -0.25) is 9.78 Å². The lowest BCUT2D eigenvalue weighted by atomic mass is 9.84. The van der Waals surface area contributed by atoms with E-state index in [4.69, 9.17) is 11.6 Å². The average molecular weight is 463 g/mol. The van der Waals surface area contributed by atoms with Gasteiger partial charge in [0.05, 0.1) is 15.6 Å². The van der Waals surface area contributed by atoms with Crippen LogP contribution >= 0.6 is 11.6 Å². The number of allylic oxidation sites excluding steroid dienone is 1. The smallest absolute Gasteiger partial charge is 0.322 e. The van der Waals surface area contributed by atoms with Gasteiger partial charge in [0.15, 0.2) is 5.67 Å². The third kappa shape index (κ3) is 4.34. The highest BCUT2D eigenvalue weighted by molar-refractivity contribution is 7.92. The molecule has 30 heavy (non-hydrogen) atoms. The Morgan fingerprint density at radius 3 is 2.37 bits per heavy atom. The summed E-state index contributed by atoms with van der Waals surface area (Å²) in [5.74, 6) is -0.560. The molecule has 1 N–H and O–H groups in total. The maximum absolute atomic E-state index is 15.2. The lowest BCUT2D eigenvalue weighted by Gasteiger charge is -2.28. The van der Waals surface area contributed by atoms with E-state index in [1.807, 2.05) is 0 Å². The summed E-state index contributed by atoms with van der Waals surface area (Å²) in [6.07, 6.45) is 2.81. The number of carbonyl (C=O) groups is 1. The van der Waals surface area contributed by atoms with E-state index >= 15 is 4.39 Å². The number of halogens is 5. The second-order valence-electron chi connectivity index (χ2n) is 6.66. The molecule has 0 aliphatic heterocycles. The Hall–Kier alpha value is -2.46. The van der Waals surface area contributed by atoms with E-state index in [9.17, 15) is 26.4 Å². The van der Waals surface area contributed by atoms with Gasteiger partial charge in [0.1, 0.15) is 0 Å². The van der Waals surface area contributed by atoms with Crippen molar-refractivity contribution in [2.24, 2.45) is 0 Å². The first-order valence-electron chi connectivity index (χ1n) is 8.66. The Morgan fingerprint density at radius 2 is 1.83 bits per heavy atom. The molecule has 0 unspecified atom stereocenters. The molecule has 1 heterocycles. The number of sulfone groups is 1. The molecule has 1 aliphatic carbocycles. The molecular formula is C19H15ClF4N2O3S. The molecule has 2 aromatic rings. The average Bonchev–Trinajstić information content (AvgIpc) is 2.68. The van der Waals surface area contributed by atoms with Gasteiger partial charge in [0, 0.05) is 23.9 Å². The van der Waals surface area contributed by atoms with Gasteiger partial charge >= 0.3 is 5.51 Å². The first kappa shape index (κ1) is 22.2. The van der Waals surface area contributed by atoms with Gasteiger partial charge in [-0.05, 0) is 49.2 Å². The number of anilines is 1. The zero-order valence-corrected chi connectivity index (χ0v) is 16.8. The highest BCUT2D eigenvalue weighted by atomic mass is 35.5. The number of rotatable bonds is 4. The summed E-state index contributed by atoms with van der Waals surface area (Å²) in [6.45, 7) is 0. The Morgan fingerprint density at radius 1 is 1.17 bits per heavy atom. The van der Waals surface area contributed by atoms with Crippen LogP contribution < -0.4 is 5.32 Å². The van der Waals surface area contributed by atoms with Crippen molar-refractivity contribution in [1.82, 2.24) is 4.98 Å². The van der Waals surface area contributed by atoms with Crippen molar-refractivity contribution < 1.29 is 30.8 Å². The van der Waals surface area contributed by atoms with Crippen molar-refractivity contribution in [2.45, 2.75) is 35.3 Å². The topological polar surface area (TPSA) is 76.1 Å². The van der Waals surface area contributed by atoms with Crippen molar-refractivity contribution in [2.75, 3.05) is 5.32 Å². The lowest BCUT2D eigenvalue weighted by Crippen LogP contribution is -2.27. The maximum atomic E-state index is 15.2. The third-order valence-electron chi connectivity index (χ3n) is 4.66. The standard InChI is InChI=1S/C19H15ClF4N2O3S/c20-15-2-1-11-25-16(15)18(21)9-7-12(8-10-18)17(27)26-13-3-5-14(6-4-13)30(28,29)19(22,23)24/h1-7,11H,8-10H2,(H,26,27)/t18-/m1/s1. The van der Waals surface area contributed by atoms with Gasteiger partial charge in [-0.2, -0.15) is 13.2 Å². The number of nitrogens with zero attached hydrogens (tertiary/aromatic N) is 1.